The van der Waals surface area contributed by atoms with Gasteiger partial charge in [-0.05, 0) is 0 Å². The molecule has 1 heterocycles. The van der Waals surface area contributed by atoms with Gasteiger partial charge in [0.25, 0.3) is 0 Å². The molecule has 1 aromatic heterocycles. The minimum Gasteiger partial charge on any atom is -0.394 e. The first-order valence-corrected chi connectivity index (χ1v) is 4.90. The predicted molar refractivity (Wildman–Crippen MR) is 57.1 cm³/mol. The van der Waals surface area contributed by atoms with Crippen LogP contribution in [0.3, 0.4) is 0 Å². The Morgan fingerprint density at radius 1 is 1.00 bits per heavy atom. The van der Waals surface area contributed by atoms with Crippen molar-refractivity contribution >= 4 is 17.2 Å². The van der Waals surface area contributed by atoms with Gasteiger partial charge in [-0.3, -0.25) is 4.68 Å². The summed E-state index contributed by atoms with van der Waals surface area (Å²) in [5.74, 6) is -10.5. The van der Waals surface area contributed by atoms with Gasteiger partial charge in [0, 0.05) is 13.2 Å². The third kappa shape index (κ3) is 2.07. The van der Waals surface area contributed by atoms with Gasteiger partial charge in [-0.15, -0.1) is 0 Å². The van der Waals surface area contributed by atoms with E-state index in [1.165, 1.54) is 17.9 Å². The van der Waals surface area contributed by atoms with Gasteiger partial charge in [-0.25, -0.2) is 22.0 Å². The number of nitrogen functional groups attached to an aromatic ring is 1. The van der Waals surface area contributed by atoms with E-state index >= 15 is 0 Å². The first-order valence-electron chi connectivity index (χ1n) is 4.90. The first kappa shape index (κ1) is 13.1. The summed E-state index contributed by atoms with van der Waals surface area (Å²) < 4.78 is 66.7. The highest BCUT2D eigenvalue weighted by atomic mass is 19.2. The van der Waals surface area contributed by atoms with Gasteiger partial charge in [0.1, 0.15) is 5.69 Å². The zero-order valence-corrected chi connectivity index (χ0v) is 9.44. The molecule has 19 heavy (non-hydrogen) atoms. The van der Waals surface area contributed by atoms with Crippen molar-refractivity contribution in [3.8, 4) is 0 Å². The lowest BCUT2D eigenvalue weighted by Gasteiger charge is -2.09. The highest BCUT2D eigenvalue weighted by molar-refractivity contribution is 5.68. The average Bonchev–Trinajstić information content (AvgIpc) is 2.68. The van der Waals surface area contributed by atoms with E-state index in [-0.39, 0.29) is 11.5 Å². The number of rotatable bonds is 2. The number of hydrogen-bond acceptors (Lipinski definition) is 3. The minimum atomic E-state index is -2.23. The van der Waals surface area contributed by atoms with E-state index in [1.807, 2.05) is 5.32 Å². The summed E-state index contributed by atoms with van der Waals surface area (Å²) in [6.07, 6.45) is 1.30. The number of aryl methyl sites for hydroxylation is 1. The number of anilines is 3. The van der Waals surface area contributed by atoms with Crippen LogP contribution in [0.1, 0.15) is 0 Å². The average molecular weight is 278 g/mol. The first-order chi connectivity index (χ1) is 8.82. The van der Waals surface area contributed by atoms with Crippen molar-refractivity contribution in [3.63, 3.8) is 0 Å². The van der Waals surface area contributed by atoms with Crippen molar-refractivity contribution in [2.24, 2.45) is 7.05 Å². The van der Waals surface area contributed by atoms with Gasteiger partial charge < -0.3 is 11.1 Å². The number of nitrogens with two attached hydrogens (primary N) is 1. The fourth-order valence-corrected chi connectivity index (χ4v) is 1.44. The van der Waals surface area contributed by atoms with Gasteiger partial charge in [0.15, 0.2) is 29.1 Å². The Morgan fingerprint density at radius 3 is 1.89 bits per heavy atom. The number of hydrogen-bond donors (Lipinski definition) is 2. The summed E-state index contributed by atoms with van der Waals surface area (Å²) in [4.78, 5) is 0. The lowest BCUT2D eigenvalue weighted by Crippen LogP contribution is -2.08. The van der Waals surface area contributed by atoms with Crippen molar-refractivity contribution < 1.29 is 22.0 Å². The zero-order chi connectivity index (χ0) is 14.3. The van der Waals surface area contributed by atoms with Crippen LogP contribution in [0.2, 0.25) is 0 Å². The molecule has 2 rings (SSSR count). The SMILES string of the molecule is Cn1cc(N)c(Nc2c(F)c(F)c(F)c(F)c2F)n1. The number of nitrogens with one attached hydrogen (secondary N) is 1. The Morgan fingerprint density at radius 2 is 1.47 bits per heavy atom. The molecule has 2 aromatic rings. The summed E-state index contributed by atoms with van der Waals surface area (Å²) in [6.45, 7) is 0. The Bertz CT molecular complexity index is 623. The maximum atomic E-state index is 13.4. The second-order valence-corrected chi connectivity index (χ2v) is 3.68. The maximum absolute atomic E-state index is 13.4. The third-order valence-electron chi connectivity index (χ3n) is 2.31. The van der Waals surface area contributed by atoms with E-state index in [0.717, 1.165) is 0 Å². The molecule has 0 saturated heterocycles. The summed E-state index contributed by atoms with van der Waals surface area (Å²) in [5, 5.41) is 5.66. The minimum absolute atomic E-state index is 0.00792. The maximum Gasteiger partial charge on any atom is 0.200 e. The second-order valence-electron chi connectivity index (χ2n) is 3.68. The molecule has 0 spiro atoms. The highest BCUT2D eigenvalue weighted by Gasteiger charge is 2.26. The molecular weight excluding hydrogens is 271 g/mol. The van der Waals surface area contributed by atoms with E-state index in [9.17, 15) is 22.0 Å². The highest BCUT2D eigenvalue weighted by Crippen LogP contribution is 2.30. The molecule has 0 aliphatic heterocycles. The van der Waals surface area contributed by atoms with Gasteiger partial charge in [-0.2, -0.15) is 5.10 Å². The van der Waals surface area contributed by atoms with Crippen LogP contribution < -0.4 is 11.1 Å². The lowest BCUT2D eigenvalue weighted by atomic mass is 10.2. The summed E-state index contributed by atoms with van der Waals surface area (Å²) in [7, 11) is 1.47. The molecule has 3 N–H and O–H groups in total. The smallest absolute Gasteiger partial charge is 0.200 e. The van der Waals surface area contributed by atoms with Crippen LogP contribution in [0.25, 0.3) is 0 Å². The molecular formula is C10H7F5N4. The molecule has 0 aliphatic rings. The van der Waals surface area contributed by atoms with Crippen LogP contribution in [-0.4, -0.2) is 9.78 Å². The molecule has 0 bridgehead atoms. The van der Waals surface area contributed by atoms with Gasteiger partial charge in [-0.1, -0.05) is 0 Å². The van der Waals surface area contributed by atoms with Gasteiger partial charge >= 0.3 is 0 Å². The van der Waals surface area contributed by atoms with E-state index in [1.54, 1.807) is 0 Å². The van der Waals surface area contributed by atoms with Crippen LogP contribution in [0.15, 0.2) is 6.20 Å². The van der Waals surface area contributed by atoms with Crippen molar-refractivity contribution in [1.82, 2.24) is 9.78 Å². The van der Waals surface area contributed by atoms with Crippen molar-refractivity contribution in [2.75, 3.05) is 11.1 Å². The second kappa shape index (κ2) is 4.41. The number of halogens is 5. The third-order valence-corrected chi connectivity index (χ3v) is 2.31. The topological polar surface area (TPSA) is 55.9 Å². The monoisotopic (exact) mass is 278 g/mol. The molecule has 1 aromatic carbocycles. The Labute approximate surface area is 103 Å². The molecule has 0 fully saturated rings. The molecule has 9 heteroatoms. The van der Waals surface area contributed by atoms with Gasteiger partial charge in [0.05, 0.1) is 5.69 Å². The Balaban J connectivity index is 2.55. The van der Waals surface area contributed by atoms with Crippen LogP contribution in [0, 0.1) is 29.1 Å². The van der Waals surface area contributed by atoms with E-state index in [2.05, 4.69) is 5.10 Å². The van der Waals surface area contributed by atoms with Crippen molar-refractivity contribution in [2.45, 2.75) is 0 Å². The molecule has 0 atom stereocenters. The van der Waals surface area contributed by atoms with Crippen LogP contribution in [0.4, 0.5) is 39.1 Å². The van der Waals surface area contributed by atoms with Gasteiger partial charge in [0.2, 0.25) is 5.82 Å². The summed E-state index contributed by atoms with van der Waals surface area (Å²) in [6, 6.07) is 0. The summed E-state index contributed by atoms with van der Waals surface area (Å²) in [5.41, 5.74) is 4.23. The van der Waals surface area contributed by atoms with Crippen molar-refractivity contribution in [1.29, 1.82) is 0 Å². The van der Waals surface area contributed by atoms with Crippen molar-refractivity contribution in [3.05, 3.63) is 35.3 Å². The van der Waals surface area contributed by atoms with E-state index < -0.39 is 34.8 Å². The number of nitrogens with zero attached hydrogens (tertiary/aromatic N) is 2. The van der Waals surface area contributed by atoms with E-state index in [0.29, 0.717) is 0 Å². The molecule has 4 nitrogen and oxygen atoms in total. The fraction of sp³-hybridized carbons (Fsp3) is 0.100. The van der Waals surface area contributed by atoms with Crippen LogP contribution >= 0.6 is 0 Å². The molecule has 0 aliphatic carbocycles. The molecule has 0 amide bonds. The summed E-state index contributed by atoms with van der Waals surface area (Å²) >= 11 is 0. The van der Waals surface area contributed by atoms with Crippen LogP contribution in [-0.2, 0) is 7.05 Å². The number of benzene rings is 1. The standard InChI is InChI=1S/C10H7F5N4/c1-19-2-3(16)10(18-19)17-9-7(14)5(12)4(11)6(13)8(9)15/h2H,16H2,1H3,(H,17,18). The lowest BCUT2D eigenvalue weighted by molar-refractivity contribution is 0.382. The quantitative estimate of drug-likeness (QED) is 0.504. The van der Waals surface area contributed by atoms with Crippen LogP contribution in [0.5, 0.6) is 0 Å². The molecule has 0 unspecified atom stereocenters. The predicted octanol–water partition coefficient (Wildman–Crippen LogP) is 2.44. The largest absolute Gasteiger partial charge is 0.394 e. The molecule has 0 radical (unpaired) electrons. The normalized spacial score (nSPS) is 10.8. The fourth-order valence-electron chi connectivity index (χ4n) is 1.44. The zero-order valence-electron chi connectivity index (χ0n) is 9.44. The molecule has 0 saturated carbocycles. The Kier molecular flexibility index (Phi) is 3.05. The Hall–Kier alpha value is -2.32. The number of aromatic nitrogens is 2. The van der Waals surface area contributed by atoms with E-state index in [4.69, 9.17) is 5.73 Å². The molecule has 102 valence electrons.